The zero-order valence-electron chi connectivity index (χ0n) is 17.0. The van der Waals surface area contributed by atoms with Gasteiger partial charge in [0.15, 0.2) is 0 Å². The first-order valence-electron chi connectivity index (χ1n) is 10.7. The molecule has 1 aromatic heterocycles. The third-order valence-electron chi connectivity index (χ3n) is 6.19. The minimum Gasteiger partial charge on any atom is -0.489 e. The number of nitriles is 1. The topological polar surface area (TPSA) is 84.7 Å². The highest BCUT2D eigenvalue weighted by Gasteiger charge is 2.43. The molecule has 0 atom stereocenters. The summed E-state index contributed by atoms with van der Waals surface area (Å²) in [6, 6.07) is 3.88. The molecule has 0 bridgehead atoms. The Kier molecular flexibility index (Phi) is 5.91. The Morgan fingerprint density at radius 1 is 1.14 bits per heavy atom. The fourth-order valence-electron chi connectivity index (χ4n) is 4.03. The van der Waals surface area contributed by atoms with Gasteiger partial charge in [-0.2, -0.15) is 5.26 Å². The standard InChI is InChI=1S/C22H29N3O4/c1-22(9-10-22)29-21(26)25-12-7-19(8-13-25)27-17-2-4-18(5-3-17)28-20-6-11-24-15-16(20)14-23/h6,11,15,17-19H,2-5,7-10,12-13H2,1H3. The van der Waals surface area contributed by atoms with E-state index in [2.05, 4.69) is 11.1 Å². The summed E-state index contributed by atoms with van der Waals surface area (Å²) in [5.74, 6) is 0.617. The number of likely N-dealkylation sites (tertiary alicyclic amines) is 1. The van der Waals surface area contributed by atoms with Crippen LogP contribution in [0, 0.1) is 11.3 Å². The van der Waals surface area contributed by atoms with E-state index in [-0.39, 0.29) is 30.0 Å². The third-order valence-corrected chi connectivity index (χ3v) is 6.19. The van der Waals surface area contributed by atoms with Crippen molar-refractivity contribution in [3.8, 4) is 11.8 Å². The smallest absolute Gasteiger partial charge is 0.410 e. The minimum atomic E-state index is -0.213. The van der Waals surface area contributed by atoms with Crippen molar-refractivity contribution in [2.24, 2.45) is 0 Å². The van der Waals surface area contributed by atoms with E-state index in [1.54, 1.807) is 12.3 Å². The molecule has 7 nitrogen and oxygen atoms in total. The Morgan fingerprint density at radius 3 is 2.45 bits per heavy atom. The van der Waals surface area contributed by atoms with Gasteiger partial charge in [-0.3, -0.25) is 4.98 Å². The van der Waals surface area contributed by atoms with Gasteiger partial charge in [-0.1, -0.05) is 0 Å². The van der Waals surface area contributed by atoms with Crippen molar-refractivity contribution in [2.45, 2.75) is 82.2 Å². The Morgan fingerprint density at radius 2 is 1.79 bits per heavy atom. The zero-order valence-corrected chi connectivity index (χ0v) is 17.0. The molecular formula is C22H29N3O4. The van der Waals surface area contributed by atoms with E-state index < -0.39 is 0 Å². The molecule has 1 amide bonds. The maximum atomic E-state index is 12.2. The molecule has 156 valence electrons. The lowest BCUT2D eigenvalue weighted by molar-refractivity contribution is -0.0662. The number of hydrogen-bond donors (Lipinski definition) is 0. The highest BCUT2D eigenvalue weighted by Crippen LogP contribution is 2.39. The number of hydrogen-bond acceptors (Lipinski definition) is 6. The van der Waals surface area contributed by atoms with E-state index in [0.717, 1.165) is 51.4 Å². The Bertz CT molecular complexity index is 758. The van der Waals surface area contributed by atoms with Crippen LogP contribution in [0.2, 0.25) is 0 Å². The molecule has 1 saturated heterocycles. The fourth-order valence-corrected chi connectivity index (χ4v) is 4.03. The van der Waals surface area contributed by atoms with Crippen LogP contribution in [0.25, 0.3) is 0 Å². The number of ether oxygens (including phenoxy) is 3. The lowest BCUT2D eigenvalue weighted by atomic mass is 9.94. The van der Waals surface area contributed by atoms with Crippen molar-refractivity contribution < 1.29 is 19.0 Å². The summed E-state index contributed by atoms with van der Waals surface area (Å²) >= 11 is 0. The maximum absolute atomic E-state index is 12.2. The average Bonchev–Trinajstić information content (AvgIpc) is 3.47. The van der Waals surface area contributed by atoms with Crippen LogP contribution in [0.3, 0.4) is 0 Å². The molecule has 0 N–H and O–H groups in total. The van der Waals surface area contributed by atoms with Gasteiger partial charge in [0.1, 0.15) is 23.0 Å². The molecule has 7 heteroatoms. The second-order valence-corrected chi connectivity index (χ2v) is 8.64. The highest BCUT2D eigenvalue weighted by atomic mass is 16.6. The van der Waals surface area contributed by atoms with Crippen LogP contribution in [0.1, 0.15) is 63.9 Å². The summed E-state index contributed by atoms with van der Waals surface area (Å²) in [5, 5.41) is 9.16. The number of piperidine rings is 1. The Labute approximate surface area is 171 Å². The lowest BCUT2D eigenvalue weighted by Gasteiger charge is -2.36. The number of aromatic nitrogens is 1. The molecule has 0 spiro atoms. The van der Waals surface area contributed by atoms with Crippen LogP contribution < -0.4 is 4.74 Å². The predicted molar refractivity (Wildman–Crippen MR) is 105 cm³/mol. The summed E-state index contributed by atoms with van der Waals surface area (Å²) < 4.78 is 17.9. The van der Waals surface area contributed by atoms with E-state index >= 15 is 0 Å². The van der Waals surface area contributed by atoms with Crippen LogP contribution in [0.5, 0.6) is 5.75 Å². The van der Waals surface area contributed by atoms with Crippen LogP contribution >= 0.6 is 0 Å². The van der Waals surface area contributed by atoms with Crippen LogP contribution in [-0.4, -0.2) is 53.0 Å². The number of nitrogens with zero attached hydrogens (tertiary/aromatic N) is 3. The van der Waals surface area contributed by atoms with E-state index in [1.807, 2.05) is 11.8 Å². The first-order chi connectivity index (χ1) is 14.0. The summed E-state index contributed by atoms with van der Waals surface area (Å²) in [5.41, 5.74) is 0.266. The van der Waals surface area contributed by atoms with Crippen molar-refractivity contribution in [2.75, 3.05) is 13.1 Å². The second-order valence-electron chi connectivity index (χ2n) is 8.64. The predicted octanol–water partition coefficient (Wildman–Crippen LogP) is 3.81. The van der Waals surface area contributed by atoms with Gasteiger partial charge in [-0.05, 0) is 64.4 Å². The molecule has 0 aromatic carbocycles. The number of carbonyl (C=O) groups excluding carboxylic acids is 1. The molecule has 1 aliphatic heterocycles. The van der Waals surface area contributed by atoms with Gasteiger partial charge >= 0.3 is 6.09 Å². The van der Waals surface area contributed by atoms with Crippen molar-refractivity contribution in [3.05, 3.63) is 24.0 Å². The monoisotopic (exact) mass is 399 g/mol. The van der Waals surface area contributed by atoms with E-state index in [9.17, 15) is 4.79 Å². The Balaban J connectivity index is 1.17. The number of amides is 1. The Hall–Kier alpha value is -2.33. The van der Waals surface area contributed by atoms with Crippen molar-refractivity contribution in [3.63, 3.8) is 0 Å². The van der Waals surface area contributed by atoms with Gasteiger partial charge in [0.25, 0.3) is 0 Å². The molecule has 0 radical (unpaired) electrons. The number of rotatable bonds is 5. The van der Waals surface area contributed by atoms with Gasteiger partial charge in [0, 0.05) is 25.5 Å². The summed E-state index contributed by atoms with van der Waals surface area (Å²) in [6.45, 7) is 3.41. The molecule has 0 unspecified atom stereocenters. The summed E-state index contributed by atoms with van der Waals surface area (Å²) in [6.07, 6.45) is 11.0. The van der Waals surface area contributed by atoms with Crippen LogP contribution in [0.4, 0.5) is 4.79 Å². The molecule has 3 aliphatic rings. The summed E-state index contributed by atoms with van der Waals surface area (Å²) in [4.78, 5) is 18.0. The third kappa shape index (κ3) is 5.18. The van der Waals surface area contributed by atoms with Crippen LogP contribution in [-0.2, 0) is 9.47 Å². The van der Waals surface area contributed by atoms with Crippen molar-refractivity contribution in [1.82, 2.24) is 9.88 Å². The average molecular weight is 399 g/mol. The molecule has 2 saturated carbocycles. The van der Waals surface area contributed by atoms with E-state index in [1.165, 1.54) is 6.20 Å². The number of carbonyl (C=O) groups is 1. The highest BCUT2D eigenvalue weighted by molar-refractivity contribution is 5.68. The normalized spacial score (nSPS) is 26.4. The second kappa shape index (κ2) is 8.58. The molecule has 2 aliphatic carbocycles. The van der Waals surface area contributed by atoms with Crippen molar-refractivity contribution >= 4 is 6.09 Å². The minimum absolute atomic E-state index is 0.116. The zero-order chi connectivity index (χ0) is 20.3. The SMILES string of the molecule is CC1(OC(=O)N2CCC(OC3CCC(Oc4ccncc4C#N)CC3)CC2)CC1. The van der Waals surface area contributed by atoms with Gasteiger partial charge in [-0.25, -0.2) is 4.79 Å². The van der Waals surface area contributed by atoms with E-state index in [0.29, 0.717) is 24.4 Å². The summed E-state index contributed by atoms with van der Waals surface area (Å²) in [7, 11) is 0. The van der Waals surface area contributed by atoms with E-state index in [4.69, 9.17) is 19.5 Å². The van der Waals surface area contributed by atoms with Gasteiger partial charge in [0.05, 0.1) is 18.3 Å². The van der Waals surface area contributed by atoms with Crippen molar-refractivity contribution in [1.29, 1.82) is 5.26 Å². The molecule has 1 aromatic rings. The van der Waals surface area contributed by atoms with Gasteiger partial charge in [-0.15, -0.1) is 0 Å². The van der Waals surface area contributed by atoms with Gasteiger partial charge < -0.3 is 19.1 Å². The first kappa shape index (κ1) is 20.0. The molecule has 4 rings (SSSR count). The molecular weight excluding hydrogens is 370 g/mol. The largest absolute Gasteiger partial charge is 0.489 e. The van der Waals surface area contributed by atoms with Crippen LogP contribution in [0.15, 0.2) is 18.5 Å². The first-order valence-corrected chi connectivity index (χ1v) is 10.7. The fraction of sp³-hybridized carbons (Fsp3) is 0.682. The number of pyridine rings is 1. The molecule has 3 fully saturated rings. The lowest BCUT2D eigenvalue weighted by Crippen LogP contribution is -2.43. The van der Waals surface area contributed by atoms with Gasteiger partial charge in [0.2, 0.25) is 0 Å². The quantitative estimate of drug-likeness (QED) is 0.748. The molecule has 2 heterocycles. The maximum Gasteiger partial charge on any atom is 0.410 e. The molecule has 29 heavy (non-hydrogen) atoms.